The van der Waals surface area contributed by atoms with Gasteiger partial charge in [-0.15, -0.1) is 0 Å². The van der Waals surface area contributed by atoms with E-state index in [1.54, 1.807) is 0 Å². The van der Waals surface area contributed by atoms with Crippen molar-refractivity contribution in [2.45, 2.75) is 25.3 Å². The number of anilines is 1. The minimum Gasteiger partial charge on any atom is -0.375 e. The monoisotopic (exact) mass is 281 g/mol. The van der Waals surface area contributed by atoms with Gasteiger partial charge in [0.05, 0.1) is 11.7 Å². The first-order chi connectivity index (χ1) is 10.3. The first-order valence-electron chi connectivity index (χ1n) is 7.78. The van der Waals surface area contributed by atoms with Crippen LogP contribution < -0.4 is 10.2 Å². The van der Waals surface area contributed by atoms with E-state index >= 15 is 0 Å². The van der Waals surface area contributed by atoms with Gasteiger partial charge in [0.1, 0.15) is 0 Å². The molecule has 1 aromatic carbocycles. The standard InChI is InChI=1S/C18H23N3/c1-21(16-8-3-2-4-9-16)14-6-13-19-17-11-10-15-7-5-12-20-18(15)17/h2-5,7-9,12,17,19H,6,10-11,13-14H2,1H3. The van der Waals surface area contributed by atoms with Crippen LogP contribution in [-0.4, -0.2) is 25.1 Å². The molecule has 1 aromatic heterocycles. The zero-order chi connectivity index (χ0) is 14.5. The van der Waals surface area contributed by atoms with E-state index in [1.165, 1.54) is 23.4 Å². The van der Waals surface area contributed by atoms with E-state index in [0.29, 0.717) is 6.04 Å². The van der Waals surface area contributed by atoms with Crippen LogP contribution >= 0.6 is 0 Å². The summed E-state index contributed by atoms with van der Waals surface area (Å²) in [5, 5.41) is 3.66. The summed E-state index contributed by atoms with van der Waals surface area (Å²) < 4.78 is 0. The van der Waals surface area contributed by atoms with E-state index in [9.17, 15) is 0 Å². The fourth-order valence-electron chi connectivity index (χ4n) is 3.02. The van der Waals surface area contributed by atoms with Crippen molar-refractivity contribution >= 4 is 5.69 Å². The van der Waals surface area contributed by atoms with E-state index in [0.717, 1.165) is 25.9 Å². The lowest BCUT2D eigenvalue weighted by molar-refractivity contribution is 0.513. The first kappa shape index (κ1) is 14.1. The average Bonchev–Trinajstić information content (AvgIpc) is 2.95. The van der Waals surface area contributed by atoms with Gasteiger partial charge in [-0.1, -0.05) is 24.3 Å². The van der Waals surface area contributed by atoms with Crippen LogP contribution in [0, 0.1) is 0 Å². The fourth-order valence-corrected chi connectivity index (χ4v) is 3.02. The molecule has 0 amide bonds. The molecule has 1 N–H and O–H groups in total. The molecule has 1 unspecified atom stereocenters. The number of para-hydroxylation sites is 1. The maximum Gasteiger partial charge on any atom is 0.0605 e. The van der Waals surface area contributed by atoms with Gasteiger partial charge in [0.15, 0.2) is 0 Å². The molecule has 2 aromatic rings. The number of pyridine rings is 1. The van der Waals surface area contributed by atoms with Crippen molar-refractivity contribution < 1.29 is 0 Å². The normalized spacial score (nSPS) is 16.7. The third-order valence-electron chi connectivity index (χ3n) is 4.22. The van der Waals surface area contributed by atoms with Crippen molar-refractivity contribution in [3.63, 3.8) is 0 Å². The number of aromatic nitrogens is 1. The molecule has 1 aliphatic rings. The predicted octanol–water partition coefficient (Wildman–Crippen LogP) is 3.19. The topological polar surface area (TPSA) is 28.2 Å². The summed E-state index contributed by atoms with van der Waals surface area (Å²) in [4.78, 5) is 6.84. The van der Waals surface area contributed by atoms with Crippen LogP contribution in [0.3, 0.4) is 0 Å². The minimum atomic E-state index is 0.447. The molecule has 0 saturated carbocycles. The Kier molecular flexibility index (Phi) is 4.51. The molecule has 0 saturated heterocycles. The van der Waals surface area contributed by atoms with Gasteiger partial charge in [-0.25, -0.2) is 0 Å². The van der Waals surface area contributed by atoms with E-state index < -0.39 is 0 Å². The van der Waals surface area contributed by atoms with Gasteiger partial charge in [-0.2, -0.15) is 0 Å². The second-order valence-electron chi connectivity index (χ2n) is 5.70. The van der Waals surface area contributed by atoms with Crippen LogP contribution in [0.1, 0.15) is 30.1 Å². The molecule has 0 fully saturated rings. The molecular formula is C18H23N3. The van der Waals surface area contributed by atoms with Gasteiger partial charge < -0.3 is 10.2 Å². The Bertz CT molecular complexity index is 568. The van der Waals surface area contributed by atoms with E-state index in [2.05, 4.69) is 58.6 Å². The quantitative estimate of drug-likeness (QED) is 0.824. The highest BCUT2D eigenvalue weighted by atomic mass is 15.1. The number of hydrogen-bond acceptors (Lipinski definition) is 3. The maximum absolute atomic E-state index is 4.53. The summed E-state index contributed by atoms with van der Waals surface area (Å²) in [5.74, 6) is 0. The van der Waals surface area contributed by atoms with Gasteiger partial charge in [-0.3, -0.25) is 4.98 Å². The smallest absolute Gasteiger partial charge is 0.0605 e. The molecule has 0 aliphatic heterocycles. The van der Waals surface area contributed by atoms with Crippen LogP contribution in [0.2, 0.25) is 0 Å². The van der Waals surface area contributed by atoms with E-state index in [4.69, 9.17) is 0 Å². The molecule has 3 nitrogen and oxygen atoms in total. The zero-order valence-corrected chi connectivity index (χ0v) is 12.6. The number of fused-ring (bicyclic) bond motifs is 1. The van der Waals surface area contributed by atoms with Crippen molar-refractivity contribution in [1.82, 2.24) is 10.3 Å². The van der Waals surface area contributed by atoms with Crippen molar-refractivity contribution in [3.8, 4) is 0 Å². The minimum absolute atomic E-state index is 0.447. The van der Waals surface area contributed by atoms with Crippen molar-refractivity contribution in [3.05, 3.63) is 59.9 Å². The Morgan fingerprint density at radius 1 is 1.19 bits per heavy atom. The third-order valence-corrected chi connectivity index (χ3v) is 4.22. The van der Waals surface area contributed by atoms with Crippen LogP contribution in [-0.2, 0) is 6.42 Å². The van der Waals surface area contributed by atoms with Crippen LogP contribution in [0.15, 0.2) is 48.7 Å². The summed E-state index contributed by atoms with van der Waals surface area (Å²) in [7, 11) is 2.15. The molecule has 3 rings (SSSR count). The predicted molar refractivity (Wildman–Crippen MR) is 87.6 cm³/mol. The second kappa shape index (κ2) is 6.72. The molecule has 0 radical (unpaired) electrons. The SMILES string of the molecule is CN(CCCNC1CCc2cccnc21)c1ccccc1. The largest absolute Gasteiger partial charge is 0.375 e. The number of nitrogens with zero attached hydrogens (tertiary/aromatic N) is 2. The Labute approximate surface area is 127 Å². The molecule has 1 atom stereocenters. The molecule has 3 heteroatoms. The number of hydrogen-bond donors (Lipinski definition) is 1. The highest BCUT2D eigenvalue weighted by Crippen LogP contribution is 2.28. The highest BCUT2D eigenvalue weighted by Gasteiger charge is 2.22. The maximum atomic E-state index is 4.53. The zero-order valence-electron chi connectivity index (χ0n) is 12.6. The van der Waals surface area contributed by atoms with Gasteiger partial charge in [0, 0.05) is 25.5 Å². The fraction of sp³-hybridized carbons (Fsp3) is 0.389. The summed E-state index contributed by atoms with van der Waals surface area (Å²) in [6, 6.07) is 15.2. The lowest BCUT2D eigenvalue weighted by Crippen LogP contribution is -2.26. The first-order valence-corrected chi connectivity index (χ1v) is 7.78. The Morgan fingerprint density at radius 2 is 2.05 bits per heavy atom. The Morgan fingerprint density at radius 3 is 2.90 bits per heavy atom. The number of rotatable bonds is 6. The molecule has 1 heterocycles. The van der Waals surface area contributed by atoms with E-state index in [1.807, 2.05) is 12.3 Å². The van der Waals surface area contributed by atoms with Gasteiger partial charge >= 0.3 is 0 Å². The lowest BCUT2D eigenvalue weighted by atomic mass is 10.2. The van der Waals surface area contributed by atoms with Crippen molar-refractivity contribution in [2.24, 2.45) is 0 Å². The number of aryl methyl sites for hydroxylation is 1. The van der Waals surface area contributed by atoms with Gasteiger partial charge in [0.25, 0.3) is 0 Å². The second-order valence-corrected chi connectivity index (χ2v) is 5.70. The summed E-state index contributed by atoms with van der Waals surface area (Å²) >= 11 is 0. The van der Waals surface area contributed by atoms with Crippen LogP contribution in [0.4, 0.5) is 5.69 Å². The Balaban J connectivity index is 1.43. The number of benzene rings is 1. The molecule has 0 spiro atoms. The average molecular weight is 281 g/mol. The summed E-state index contributed by atoms with van der Waals surface area (Å²) in [5.41, 5.74) is 3.95. The van der Waals surface area contributed by atoms with Gasteiger partial charge in [0.2, 0.25) is 0 Å². The molecule has 110 valence electrons. The van der Waals surface area contributed by atoms with Crippen molar-refractivity contribution in [1.29, 1.82) is 0 Å². The number of nitrogens with one attached hydrogen (secondary N) is 1. The molecule has 1 aliphatic carbocycles. The summed E-state index contributed by atoms with van der Waals surface area (Å²) in [6.07, 6.45) is 5.39. The van der Waals surface area contributed by atoms with Gasteiger partial charge in [-0.05, 0) is 49.6 Å². The Hall–Kier alpha value is -1.87. The molecule has 0 bridgehead atoms. The molecular weight excluding hydrogens is 258 g/mol. The van der Waals surface area contributed by atoms with Crippen molar-refractivity contribution in [2.75, 3.05) is 25.0 Å². The van der Waals surface area contributed by atoms with Crippen LogP contribution in [0.25, 0.3) is 0 Å². The summed E-state index contributed by atoms with van der Waals surface area (Å²) in [6.45, 7) is 2.11. The third kappa shape index (κ3) is 3.42. The van der Waals surface area contributed by atoms with E-state index in [-0.39, 0.29) is 0 Å². The lowest BCUT2D eigenvalue weighted by Gasteiger charge is -2.20. The molecule has 21 heavy (non-hydrogen) atoms. The highest BCUT2D eigenvalue weighted by molar-refractivity contribution is 5.44. The van der Waals surface area contributed by atoms with Crippen LogP contribution in [0.5, 0.6) is 0 Å².